The van der Waals surface area contributed by atoms with E-state index in [1.165, 1.54) is 19.1 Å². The van der Waals surface area contributed by atoms with Gasteiger partial charge in [0.05, 0.1) is 26.4 Å². The second-order valence-electron chi connectivity index (χ2n) is 5.96. The highest BCUT2D eigenvalue weighted by molar-refractivity contribution is 7.98. The molecule has 0 N–H and O–H groups in total. The number of hydrogen-bond donors (Lipinski definition) is 0. The molecule has 0 amide bonds. The van der Waals surface area contributed by atoms with Gasteiger partial charge in [0, 0.05) is 10.6 Å². The van der Waals surface area contributed by atoms with E-state index in [9.17, 15) is 9.59 Å². The smallest absolute Gasteiger partial charge is 0.355 e. The van der Waals surface area contributed by atoms with Crippen molar-refractivity contribution in [3.63, 3.8) is 0 Å². The van der Waals surface area contributed by atoms with Crippen LogP contribution in [0.2, 0.25) is 0 Å². The molecule has 2 aromatic rings. The number of hydrogen-bond acceptors (Lipinski definition) is 7. The first-order chi connectivity index (χ1) is 13.6. The number of anilines is 1. The van der Waals surface area contributed by atoms with Crippen LogP contribution in [0.4, 0.5) is 5.69 Å². The highest BCUT2D eigenvalue weighted by Gasteiger charge is 2.32. The van der Waals surface area contributed by atoms with Crippen LogP contribution in [0.15, 0.2) is 64.7 Å². The molecule has 0 atom stereocenters. The number of ether oxygens (including phenoxy) is 3. The van der Waals surface area contributed by atoms with E-state index in [0.717, 1.165) is 11.1 Å². The van der Waals surface area contributed by atoms with Crippen molar-refractivity contribution in [2.24, 2.45) is 0 Å². The molecule has 0 radical (unpaired) electrons. The van der Waals surface area contributed by atoms with Crippen molar-refractivity contribution >= 4 is 29.4 Å². The van der Waals surface area contributed by atoms with Crippen LogP contribution in [0, 0.1) is 0 Å². The van der Waals surface area contributed by atoms with Gasteiger partial charge in [-0.3, -0.25) is 0 Å². The van der Waals surface area contributed by atoms with Gasteiger partial charge in [-0.15, -0.1) is 11.8 Å². The molecule has 0 saturated carbocycles. The first kappa shape index (κ1) is 20.0. The molecule has 0 aliphatic carbocycles. The molecule has 0 aromatic heterocycles. The molecule has 1 aliphatic heterocycles. The summed E-state index contributed by atoms with van der Waals surface area (Å²) in [6.07, 6.45) is 2.04. The van der Waals surface area contributed by atoms with Crippen molar-refractivity contribution in [2.75, 3.05) is 38.7 Å². The Bertz CT molecular complexity index is 907. The molecule has 2 aromatic carbocycles. The summed E-state index contributed by atoms with van der Waals surface area (Å²) in [4.78, 5) is 27.2. The zero-order valence-electron chi connectivity index (χ0n) is 15.9. The molecule has 0 unspecified atom stereocenters. The van der Waals surface area contributed by atoms with Gasteiger partial charge in [0.1, 0.15) is 12.4 Å². The second kappa shape index (κ2) is 8.95. The highest BCUT2D eigenvalue weighted by atomic mass is 32.2. The molecule has 3 rings (SSSR count). The lowest BCUT2D eigenvalue weighted by Crippen LogP contribution is -2.38. The predicted octanol–water partition coefficient (Wildman–Crippen LogP) is 3.47. The van der Waals surface area contributed by atoms with Gasteiger partial charge < -0.3 is 19.1 Å². The van der Waals surface area contributed by atoms with Crippen LogP contribution >= 0.6 is 11.8 Å². The summed E-state index contributed by atoms with van der Waals surface area (Å²) >= 11 is 1.69. The van der Waals surface area contributed by atoms with Gasteiger partial charge in [0.25, 0.3) is 0 Å². The molecule has 0 spiro atoms. The first-order valence-corrected chi connectivity index (χ1v) is 9.81. The topological polar surface area (TPSA) is 65.1 Å². The summed E-state index contributed by atoms with van der Waals surface area (Å²) in [6.45, 7) is 0.123. The molecular weight excluding hydrogens is 378 g/mol. The number of nitrogens with zero attached hydrogens (tertiary/aromatic N) is 1. The quantitative estimate of drug-likeness (QED) is 0.563. The zero-order valence-corrected chi connectivity index (χ0v) is 16.7. The van der Waals surface area contributed by atoms with Crippen LogP contribution in [0.3, 0.4) is 0 Å². The van der Waals surface area contributed by atoms with Gasteiger partial charge in [0.2, 0.25) is 0 Å². The molecule has 1 aliphatic rings. The zero-order chi connectivity index (χ0) is 20.1. The number of thioether (sulfide) groups is 1. The Labute approximate surface area is 168 Å². The minimum absolute atomic E-state index is 0.00715. The average molecular weight is 399 g/mol. The Morgan fingerprint density at radius 3 is 2.32 bits per heavy atom. The number of benzene rings is 2. The van der Waals surface area contributed by atoms with Crippen LogP contribution < -0.4 is 4.90 Å². The molecular formula is C21H21NO5S. The largest absolute Gasteiger partial charge is 0.466 e. The van der Waals surface area contributed by atoms with Gasteiger partial charge in [-0.2, -0.15) is 0 Å². The maximum absolute atomic E-state index is 12.4. The molecule has 0 saturated heterocycles. The van der Waals surface area contributed by atoms with Crippen LogP contribution in [0.5, 0.6) is 0 Å². The van der Waals surface area contributed by atoms with Gasteiger partial charge >= 0.3 is 11.9 Å². The van der Waals surface area contributed by atoms with Crippen molar-refractivity contribution in [3.05, 3.63) is 59.8 Å². The molecule has 146 valence electrons. The second-order valence-corrected chi connectivity index (χ2v) is 6.81. The maximum Gasteiger partial charge on any atom is 0.355 e. The summed E-state index contributed by atoms with van der Waals surface area (Å²) < 4.78 is 15.2. The lowest BCUT2D eigenvalue weighted by molar-refractivity contribution is -0.140. The summed E-state index contributed by atoms with van der Waals surface area (Å²) in [5.74, 6) is -1.23. The highest BCUT2D eigenvalue weighted by Crippen LogP contribution is 2.33. The lowest BCUT2D eigenvalue weighted by atomic mass is 10.0. The fourth-order valence-electron chi connectivity index (χ4n) is 3.05. The van der Waals surface area contributed by atoms with Crippen LogP contribution in [0.25, 0.3) is 11.1 Å². The summed E-state index contributed by atoms with van der Waals surface area (Å²) in [5.41, 5.74) is 3.18. The Hall–Kier alpha value is -2.77. The standard InChI is InChI=1S/C21H21NO5S/c1-25-20(23)17-12-27-13-22(19(17)21(24)26-2)15-10-8-14(9-11-15)16-6-4-5-7-18(16)28-3/h4-11H,12-13H2,1-3H3. The monoisotopic (exact) mass is 399 g/mol. The fraction of sp³-hybridized carbons (Fsp3) is 0.238. The van der Waals surface area contributed by atoms with Crippen molar-refractivity contribution in [1.82, 2.24) is 0 Å². The molecule has 0 bridgehead atoms. The normalized spacial score (nSPS) is 14.0. The van der Waals surface area contributed by atoms with Crippen LogP contribution in [-0.2, 0) is 23.8 Å². The van der Waals surface area contributed by atoms with E-state index in [-0.39, 0.29) is 24.6 Å². The van der Waals surface area contributed by atoms with E-state index >= 15 is 0 Å². The number of carbonyl (C=O) groups excluding carboxylic acids is 2. The maximum atomic E-state index is 12.4. The lowest BCUT2D eigenvalue weighted by Gasteiger charge is -2.31. The van der Waals surface area contributed by atoms with Gasteiger partial charge in [-0.1, -0.05) is 30.3 Å². The van der Waals surface area contributed by atoms with Crippen molar-refractivity contribution in [2.45, 2.75) is 4.90 Å². The van der Waals surface area contributed by atoms with E-state index < -0.39 is 11.9 Å². The van der Waals surface area contributed by atoms with Crippen LogP contribution in [-0.4, -0.2) is 45.8 Å². The Kier molecular flexibility index (Phi) is 6.38. The third kappa shape index (κ3) is 3.90. The van der Waals surface area contributed by atoms with Crippen molar-refractivity contribution < 1.29 is 23.8 Å². The minimum atomic E-state index is -0.615. The molecule has 1 heterocycles. The molecule has 7 heteroatoms. The van der Waals surface area contributed by atoms with Crippen molar-refractivity contribution in [3.8, 4) is 11.1 Å². The third-order valence-corrected chi connectivity index (χ3v) is 5.23. The van der Waals surface area contributed by atoms with E-state index in [1.54, 1.807) is 16.7 Å². The number of esters is 2. The average Bonchev–Trinajstić information content (AvgIpc) is 2.77. The number of methoxy groups -OCH3 is 2. The number of carbonyl (C=O) groups is 2. The molecule has 6 nitrogen and oxygen atoms in total. The van der Waals surface area contributed by atoms with E-state index in [1.807, 2.05) is 42.7 Å². The van der Waals surface area contributed by atoms with E-state index in [0.29, 0.717) is 5.69 Å². The Morgan fingerprint density at radius 1 is 1.00 bits per heavy atom. The van der Waals surface area contributed by atoms with E-state index in [2.05, 4.69) is 12.1 Å². The third-order valence-electron chi connectivity index (χ3n) is 4.43. The van der Waals surface area contributed by atoms with Crippen molar-refractivity contribution in [1.29, 1.82) is 0 Å². The van der Waals surface area contributed by atoms with Gasteiger partial charge in [0.15, 0.2) is 0 Å². The Balaban J connectivity index is 2.00. The molecule has 0 fully saturated rings. The summed E-state index contributed by atoms with van der Waals surface area (Å²) in [6, 6.07) is 15.9. The van der Waals surface area contributed by atoms with E-state index in [4.69, 9.17) is 14.2 Å². The Morgan fingerprint density at radius 2 is 1.68 bits per heavy atom. The number of rotatable bonds is 5. The fourth-order valence-corrected chi connectivity index (χ4v) is 3.67. The van der Waals surface area contributed by atoms with Gasteiger partial charge in [-0.05, 0) is 35.6 Å². The van der Waals surface area contributed by atoms with Crippen LogP contribution in [0.1, 0.15) is 0 Å². The minimum Gasteiger partial charge on any atom is -0.466 e. The summed E-state index contributed by atoms with van der Waals surface area (Å²) in [5, 5.41) is 0. The van der Waals surface area contributed by atoms with Gasteiger partial charge in [-0.25, -0.2) is 9.59 Å². The SMILES string of the molecule is COC(=O)C1=C(C(=O)OC)N(c2ccc(-c3ccccc3SC)cc2)COC1. The summed E-state index contributed by atoms with van der Waals surface area (Å²) in [7, 11) is 2.54. The molecule has 28 heavy (non-hydrogen) atoms. The predicted molar refractivity (Wildman–Crippen MR) is 108 cm³/mol. The first-order valence-electron chi connectivity index (χ1n) is 8.59.